The molecule has 0 fully saturated rings. The molecule has 0 spiro atoms. The molecule has 0 radical (unpaired) electrons. The molecule has 1 N–H and O–H groups in total. The van der Waals surface area contributed by atoms with Crippen LogP contribution in [0.15, 0.2) is 24.3 Å². The second-order valence-electron chi connectivity index (χ2n) is 3.53. The molecule has 1 aromatic carbocycles. The zero-order chi connectivity index (χ0) is 12.9. The van der Waals surface area contributed by atoms with Crippen LogP contribution in [0.25, 0.3) is 0 Å². The summed E-state index contributed by atoms with van der Waals surface area (Å²) in [6.07, 6.45) is 0. The van der Waals surface area contributed by atoms with E-state index in [1.54, 1.807) is 20.0 Å². The third kappa shape index (κ3) is 3.41. The summed E-state index contributed by atoms with van der Waals surface area (Å²) < 4.78 is 38.5. The second-order valence-corrected chi connectivity index (χ2v) is 5.71. The molecule has 96 valence electrons. The molecule has 0 saturated heterocycles. The molecule has 0 aliphatic heterocycles. The van der Waals surface area contributed by atoms with E-state index >= 15 is 0 Å². The van der Waals surface area contributed by atoms with Crippen molar-refractivity contribution in [2.75, 3.05) is 30.2 Å². The van der Waals surface area contributed by atoms with Crippen molar-refractivity contribution in [1.82, 2.24) is 5.32 Å². The maximum absolute atomic E-state index is 13.6. The Hall–Kier alpha value is -1.14. The van der Waals surface area contributed by atoms with Crippen molar-refractivity contribution in [2.45, 2.75) is 6.92 Å². The van der Waals surface area contributed by atoms with Crippen LogP contribution in [0.3, 0.4) is 0 Å². The van der Waals surface area contributed by atoms with Gasteiger partial charge in [0.1, 0.15) is 5.82 Å². The van der Waals surface area contributed by atoms with Gasteiger partial charge in [0.25, 0.3) is 0 Å². The maximum atomic E-state index is 13.6. The van der Waals surface area contributed by atoms with Gasteiger partial charge >= 0.3 is 0 Å². The molecule has 0 heterocycles. The van der Waals surface area contributed by atoms with Crippen LogP contribution in [0.5, 0.6) is 0 Å². The number of likely N-dealkylation sites (N-methyl/N-ethyl adjacent to an activating group) is 1. The number of hydrogen-bond acceptors (Lipinski definition) is 3. The van der Waals surface area contributed by atoms with Crippen molar-refractivity contribution in [1.29, 1.82) is 0 Å². The standard InChI is InChI=1S/C11H17FN2O2S/c1-3-17(15,16)14(9-8-13-2)11-7-5-4-6-10(11)12/h4-7,13H,3,8-9H2,1-2H3. The van der Waals surface area contributed by atoms with Crippen molar-refractivity contribution in [2.24, 2.45) is 0 Å². The fourth-order valence-corrected chi connectivity index (χ4v) is 2.56. The third-order valence-electron chi connectivity index (χ3n) is 2.39. The van der Waals surface area contributed by atoms with Gasteiger partial charge in [0.2, 0.25) is 10.0 Å². The van der Waals surface area contributed by atoms with Crippen LogP contribution in [0.4, 0.5) is 10.1 Å². The summed E-state index contributed by atoms with van der Waals surface area (Å²) >= 11 is 0. The minimum atomic E-state index is -3.45. The van der Waals surface area contributed by atoms with Crippen LogP contribution in [-0.4, -0.2) is 34.3 Å². The van der Waals surface area contributed by atoms with Crippen LogP contribution >= 0.6 is 0 Å². The molecule has 0 aliphatic rings. The molecule has 0 amide bonds. The lowest BCUT2D eigenvalue weighted by atomic mass is 10.3. The highest BCUT2D eigenvalue weighted by Gasteiger charge is 2.22. The predicted molar refractivity (Wildman–Crippen MR) is 67.1 cm³/mol. The van der Waals surface area contributed by atoms with Crippen LogP contribution in [0.2, 0.25) is 0 Å². The summed E-state index contributed by atoms with van der Waals surface area (Å²) in [6, 6.07) is 5.88. The predicted octanol–water partition coefficient (Wildman–Crippen LogP) is 1.20. The molecular weight excluding hydrogens is 243 g/mol. The van der Waals surface area contributed by atoms with Crippen molar-refractivity contribution >= 4 is 15.7 Å². The number of sulfonamides is 1. The minimum absolute atomic E-state index is 0.0505. The van der Waals surface area contributed by atoms with Crippen molar-refractivity contribution in [3.63, 3.8) is 0 Å². The quantitative estimate of drug-likeness (QED) is 0.836. The SMILES string of the molecule is CCS(=O)(=O)N(CCNC)c1ccccc1F. The highest BCUT2D eigenvalue weighted by Crippen LogP contribution is 2.21. The zero-order valence-corrected chi connectivity index (χ0v) is 10.8. The summed E-state index contributed by atoms with van der Waals surface area (Å²) in [7, 11) is -1.73. The van der Waals surface area contributed by atoms with Crippen LogP contribution in [-0.2, 0) is 10.0 Å². The van der Waals surface area contributed by atoms with Gasteiger partial charge < -0.3 is 5.32 Å². The average molecular weight is 260 g/mol. The number of rotatable bonds is 6. The third-order valence-corrected chi connectivity index (χ3v) is 4.17. The van der Waals surface area contributed by atoms with Crippen LogP contribution in [0, 0.1) is 5.82 Å². The molecule has 0 saturated carbocycles. The first-order valence-corrected chi connectivity index (χ1v) is 7.03. The fraction of sp³-hybridized carbons (Fsp3) is 0.455. The molecule has 0 atom stereocenters. The normalized spacial score (nSPS) is 11.5. The number of para-hydroxylation sites is 1. The van der Waals surface area contributed by atoms with Gasteiger partial charge in [0, 0.05) is 13.1 Å². The molecule has 0 aliphatic carbocycles. The van der Waals surface area contributed by atoms with E-state index in [4.69, 9.17) is 0 Å². The minimum Gasteiger partial charge on any atom is -0.318 e. The van der Waals surface area contributed by atoms with E-state index in [-0.39, 0.29) is 18.0 Å². The van der Waals surface area contributed by atoms with E-state index in [2.05, 4.69) is 5.32 Å². The van der Waals surface area contributed by atoms with Gasteiger partial charge in [-0.3, -0.25) is 4.31 Å². The summed E-state index contributed by atoms with van der Waals surface area (Å²) in [5.41, 5.74) is 0.101. The van der Waals surface area contributed by atoms with Crippen molar-refractivity contribution < 1.29 is 12.8 Å². The number of benzene rings is 1. The van der Waals surface area contributed by atoms with Gasteiger partial charge in [0.05, 0.1) is 11.4 Å². The Balaban J connectivity index is 3.11. The highest BCUT2D eigenvalue weighted by molar-refractivity contribution is 7.92. The van der Waals surface area contributed by atoms with Crippen LogP contribution in [0.1, 0.15) is 6.92 Å². The molecule has 6 heteroatoms. The monoisotopic (exact) mass is 260 g/mol. The molecule has 0 bridgehead atoms. The molecule has 1 rings (SSSR count). The van der Waals surface area contributed by atoms with Gasteiger partial charge in [-0.05, 0) is 26.1 Å². The number of anilines is 1. The Morgan fingerprint density at radius 2 is 2.00 bits per heavy atom. The van der Waals surface area contributed by atoms with Gasteiger partial charge in [-0.25, -0.2) is 12.8 Å². The zero-order valence-electron chi connectivity index (χ0n) is 9.98. The molecule has 17 heavy (non-hydrogen) atoms. The summed E-state index contributed by atoms with van der Waals surface area (Å²) in [5.74, 6) is -0.578. The first-order chi connectivity index (χ1) is 8.03. The van der Waals surface area contributed by atoms with Gasteiger partial charge in [0.15, 0.2) is 0 Å². The van der Waals surface area contributed by atoms with E-state index in [1.165, 1.54) is 18.2 Å². The Morgan fingerprint density at radius 3 is 2.53 bits per heavy atom. The molecule has 0 unspecified atom stereocenters. The van der Waals surface area contributed by atoms with Gasteiger partial charge in [-0.2, -0.15) is 0 Å². The lowest BCUT2D eigenvalue weighted by Crippen LogP contribution is -2.37. The van der Waals surface area contributed by atoms with Gasteiger partial charge in [-0.15, -0.1) is 0 Å². The Labute approximate surface area is 101 Å². The fourth-order valence-electron chi connectivity index (χ4n) is 1.43. The molecule has 0 aromatic heterocycles. The molecule has 1 aromatic rings. The highest BCUT2D eigenvalue weighted by atomic mass is 32.2. The largest absolute Gasteiger partial charge is 0.318 e. The summed E-state index contributed by atoms with van der Waals surface area (Å²) in [6.45, 7) is 2.23. The second kappa shape index (κ2) is 5.97. The first kappa shape index (κ1) is 13.9. The lowest BCUT2D eigenvalue weighted by Gasteiger charge is -2.24. The lowest BCUT2D eigenvalue weighted by molar-refractivity contribution is 0.584. The summed E-state index contributed by atoms with van der Waals surface area (Å²) in [5, 5.41) is 2.86. The topological polar surface area (TPSA) is 49.4 Å². The van der Waals surface area contributed by atoms with E-state index in [0.717, 1.165) is 4.31 Å². The van der Waals surface area contributed by atoms with Crippen molar-refractivity contribution in [3.8, 4) is 0 Å². The average Bonchev–Trinajstić information content (AvgIpc) is 2.31. The van der Waals surface area contributed by atoms with E-state index < -0.39 is 15.8 Å². The Bertz CT molecular complexity index is 462. The maximum Gasteiger partial charge on any atom is 0.235 e. The molecular formula is C11H17FN2O2S. The Morgan fingerprint density at radius 1 is 1.35 bits per heavy atom. The van der Waals surface area contributed by atoms with Crippen molar-refractivity contribution in [3.05, 3.63) is 30.1 Å². The first-order valence-electron chi connectivity index (χ1n) is 5.42. The molecule has 4 nitrogen and oxygen atoms in total. The summed E-state index contributed by atoms with van der Waals surface area (Å²) in [4.78, 5) is 0. The van der Waals surface area contributed by atoms with E-state index in [1.807, 2.05) is 0 Å². The van der Waals surface area contributed by atoms with E-state index in [9.17, 15) is 12.8 Å². The smallest absolute Gasteiger partial charge is 0.235 e. The van der Waals surface area contributed by atoms with Gasteiger partial charge in [-0.1, -0.05) is 12.1 Å². The van der Waals surface area contributed by atoms with Crippen LogP contribution < -0.4 is 9.62 Å². The number of hydrogen-bond donors (Lipinski definition) is 1. The Kier molecular flexibility index (Phi) is 4.89. The number of halogens is 1. The van der Waals surface area contributed by atoms with E-state index in [0.29, 0.717) is 6.54 Å². The number of nitrogens with one attached hydrogen (secondary N) is 1. The number of nitrogens with zero attached hydrogens (tertiary/aromatic N) is 1.